The number of hydrogen-bond donors (Lipinski definition) is 1. The topological polar surface area (TPSA) is 67.9 Å². The highest BCUT2D eigenvalue weighted by atomic mass is 32.1. The quantitative estimate of drug-likeness (QED) is 0.727. The zero-order chi connectivity index (χ0) is 21.0. The van der Waals surface area contributed by atoms with Crippen LogP contribution in [0.25, 0.3) is 0 Å². The maximum absolute atomic E-state index is 13.0. The number of hydrogen-bond acceptors (Lipinski definition) is 5. The highest BCUT2D eigenvalue weighted by molar-refractivity contribution is 7.12. The first kappa shape index (κ1) is 21.2. The third kappa shape index (κ3) is 4.40. The predicted molar refractivity (Wildman–Crippen MR) is 114 cm³/mol. The van der Waals surface area contributed by atoms with E-state index in [0.717, 1.165) is 24.2 Å². The van der Waals surface area contributed by atoms with Crippen LogP contribution in [0.15, 0.2) is 24.3 Å². The number of nitrogens with zero attached hydrogens (tertiary/aromatic N) is 1. The molecule has 1 atom stereocenters. The molecule has 1 aromatic carbocycles. The maximum atomic E-state index is 13.0. The minimum absolute atomic E-state index is 0.130. The molecular formula is C22H28N2O4S. The van der Waals surface area contributed by atoms with Gasteiger partial charge in [-0.05, 0) is 55.5 Å². The van der Waals surface area contributed by atoms with Crippen LogP contribution in [-0.4, -0.2) is 43.7 Å². The van der Waals surface area contributed by atoms with Crippen molar-refractivity contribution in [1.82, 2.24) is 10.2 Å². The first-order valence-electron chi connectivity index (χ1n) is 9.95. The van der Waals surface area contributed by atoms with Gasteiger partial charge in [-0.1, -0.05) is 19.1 Å². The van der Waals surface area contributed by atoms with Gasteiger partial charge in [0.05, 0.1) is 19.8 Å². The summed E-state index contributed by atoms with van der Waals surface area (Å²) in [7, 11) is 1.64. The Balaban J connectivity index is 1.94. The summed E-state index contributed by atoms with van der Waals surface area (Å²) < 4.78 is 10.2. The van der Waals surface area contributed by atoms with E-state index in [0.29, 0.717) is 13.2 Å². The molecule has 29 heavy (non-hydrogen) atoms. The number of carbonyl (C=O) groups is 2. The number of carbonyl (C=O) groups excluding carboxylic acids is 2. The number of fused-ring (bicyclic) bond motifs is 1. The Morgan fingerprint density at radius 1 is 1.24 bits per heavy atom. The molecule has 2 amide bonds. The summed E-state index contributed by atoms with van der Waals surface area (Å²) in [5.41, 5.74) is 3.79. The van der Waals surface area contributed by atoms with E-state index < -0.39 is 5.97 Å². The lowest BCUT2D eigenvalue weighted by Crippen LogP contribution is -2.47. The Kier molecular flexibility index (Phi) is 6.79. The molecule has 3 rings (SSSR count). The molecule has 0 spiro atoms. The Morgan fingerprint density at radius 2 is 1.97 bits per heavy atom. The SMILES string of the molecule is CCOC(=O)CNC(=O)N1CCc2c(sc(C)c2CC)[C@H]1c1ccc(OC)cc1. The fourth-order valence-electron chi connectivity index (χ4n) is 3.91. The number of rotatable bonds is 6. The second-order valence-corrected chi connectivity index (χ2v) is 8.17. The normalized spacial score (nSPS) is 15.6. The number of ether oxygens (including phenoxy) is 2. The Bertz CT molecular complexity index is 876. The molecule has 0 bridgehead atoms. The molecule has 0 radical (unpaired) electrons. The smallest absolute Gasteiger partial charge is 0.325 e. The molecule has 0 saturated heterocycles. The van der Waals surface area contributed by atoms with E-state index in [1.807, 2.05) is 29.2 Å². The van der Waals surface area contributed by atoms with Crippen molar-refractivity contribution in [2.45, 2.75) is 39.7 Å². The van der Waals surface area contributed by atoms with Crippen LogP contribution in [0, 0.1) is 6.92 Å². The summed E-state index contributed by atoms with van der Waals surface area (Å²) in [5, 5.41) is 2.72. The van der Waals surface area contributed by atoms with E-state index in [2.05, 4.69) is 19.2 Å². The first-order chi connectivity index (χ1) is 14.0. The van der Waals surface area contributed by atoms with Crippen LogP contribution in [-0.2, 0) is 22.4 Å². The first-order valence-corrected chi connectivity index (χ1v) is 10.8. The molecule has 6 nitrogen and oxygen atoms in total. The van der Waals surface area contributed by atoms with Gasteiger partial charge in [-0.3, -0.25) is 4.79 Å². The van der Waals surface area contributed by atoms with E-state index >= 15 is 0 Å². The molecule has 1 N–H and O–H groups in total. The van der Waals surface area contributed by atoms with Gasteiger partial charge in [0.1, 0.15) is 12.3 Å². The number of thiophene rings is 1. The number of nitrogens with one attached hydrogen (secondary N) is 1. The molecule has 0 fully saturated rings. The summed E-state index contributed by atoms with van der Waals surface area (Å²) in [6, 6.07) is 7.40. The van der Waals surface area contributed by atoms with E-state index in [9.17, 15) is 9.59 Å². The van der Waals surface area contributed by atoms with E-state index in [1.165, 1.54) is 20.9 Å². The van der Waals surface area contributed by atoms with Crippen molar-refractivity contribution >= 4 is 23.3 Å². The molecule has 156 valence electrons. The lowest BCUT2D eigenvalue weighted by atomic mass is 9.92. The number of amides is 2. The number of urea groups is 1. The van der Waals surface area contributed by atoms with Crippen molar-refractivity contribution in [1.29, 1.82) is 0 Å². The highest BCUT2D eigenvalue weighted by Gasteiger charge is 2.35. The van der Waals surface area contributed by atoms with Crippen molar-refractivity contribution < 1.29 is 19.1 Å². The molecule has 2 aromatic rings. The second-order valence-electron chi connectivity index (χ2n) is 6.92. The fourth-order valence-corrected chi connectivity index (χ4v) is 5.35. The van der Waals surface area contributed by atoms with Crippen molar-refractivity contribution in [3.8, 4) is 5.75 Å². The average Bonchev–Trinajstić information content (AvgIpc) is 3.06. The lowest BCUT2D eigenvalue weighted by molar-refractivity contribution is -0.141. The van der Waals surface area contributed by atoms with Crippen LogP contribution in [0.5, 0.6) is 5.75 Å². The molecule has 1 aliphatic rings. The van der Waals surface area contributed by atoms with Gasteiger partial charge in [0.15, 0.2) is 0 Å². The van der Waals surface area contributed by atoms with Crippen LogP contribution >= 0.6 is 11.3 Å². The van der Waals surface area contributed by atoms with Crippen molar-refractivity contribution in [3.63, 3.8) is 0 Å². The van der Waals surface area contributed by atoms with Gasteiger partial charge in [-0.2, -0.15) is 0 Å². The molecule has 0 saturated carbocycles. The number of esters is 1. The van der Waals surface area contributed by atoms with Gasteiger partial charge >= 0.3 is 12.0 Å². The third-order valence-electron chi connectivity index (χ3n) is 5.25. The second kappa shape index (κ2) is 9.31. The fraction of sp³-hybridized carbons (Fsp3) is 0.455. The van der Waals surface area contributed by atoms with Gasteiger partial charge in [0.25, 0.3) is 0 Å². The molecule has 1 aromatic heterocycles. The predicted octanol–water partition coefficient (Wildman–Crippen LogP) is 3.85. The van der Waals surface area contributed by atoms with Gasteiger partial charge in [-0.15, -0.1) is 11.3 Å². The zero-order valence-electron chi connectivity index (χ0n) is 17.4. The number of benzene rings is 1. The maximum Gasteiger partial charge on any atom is 0.325 e. The van der Waals surface area contributed by atoms with Crippen molar-refractivity contribution in [2.24, 2.45) is 0 Å². The van der Waals surface area contributed by atoms with Crippen LogP contribution in [0.2, 0.25) is 0 Å². The van der Waals surface area contributed by atoms with Crippen LogP contribution < -0.4 is 10.1 Å². The standard InChI is InChI=1S/C22H28N2O4S/c1-5-17-14(3)29-21-18(17)11-12-24(22(26)23-13-19(25)28-6-2)20(21)15-7-9-16(27-4)10-8-15/h7-10,20H,5-6,11-13H2,1-4H3,(H,23,26)/t20-/m1/s1. The van der Waals surface area contributed by atoms with Crippen LogP contribution in [0.3, 0.4) is 0 Å². The number of methoxy groups -OCH3 is 1. The lowest BCUT2D eigenvalue weighted by Gasteiger charge is -2.36. The Labute approximate surface area is 175 Å². The summed E-state index contributed by atoms with van der Waals surface area (Å²) in [5.74, 6) is 0.347. The summed E-state index contributed by atoms with van der Waals surface area (Å²) in [6.07, 6.45) is 1.81. The van der Waals surface area contributed by atoms with E-state index in [1.54, 1.807) is 25.4 Å². The summed E-state index contributed by atoms with van der Waals surface area (Å²) >= 11 is 1.76. The largest absolute Gasteiger partial charge is 0.497 e. The van der Waals surface area contributed by atoms with Gasteiger partial charge < -0.3 is 19.7 Å². The van der Waals surface area contributed by atoms with Crippen molar-refractivity contribution in [2.75, 3.05) is 26.8 Å². The van der Waals surface area contributed by atoms with Crippen LogP contribution in [0.4, 0.5) is 4.79 Å². The molecule has 0 aliphatic carbocycles. The minimum atomic E-state index is -0.431. The van der Waals surface area contributed by atoms with Gasteiger partial charge in [0, 0.05) is 16.3 Å². The van der Waals surface area contributed by atoms with Gasteiger partial charge in [0.2, 0.25) is 0 Å². The monoisotopic (exact) mass is 416 g/mol. The van der Waals surface area contributed by atoms with E-state index in [-0.39, 0.29) is 18.6 Å². The summed E-state index contributed by atoms with van der Waals surface area (Å²) in [4.78, 5) is 29.0. The molecule has 2 heterocycles. The van der Waals surface area contributed by atoms with Crippen molar-refractivity contribution in [3.05, 3.63) is 50.7 Å². The zero-order valence-corrected chi connectivity index (χ0v) is 18.2. The Morgan fingerprint density at radius 3 is 2.59 bits per heavy atom. The molecular weight excluding hydrogens is 388 g/mol. The Hall–Kier alpha value is -2.54. The molecule has 1 aliphatic heterocycles. The average molecular weight is 417 g/mol. The summed E-state index contributed by atoms with van der Waals surface area (Å²) in [6.45, 7) is 6.84. The number of aryl methyl sites for hydroxylation is 1. The minimum Gasteiger partial charge on any atom is -0.497 e. The van der Waals surface area contributed by atoms with Crippen LogP contribution in [0.1, 0.15) is 46.3 Å². The molecule has 7 heteroatoms. The highest BCUT2D eigenvalue weighted by Crippen LogP contribution is 2.43. The molecule has 0 unspecified atom stereocenters. The van der Waals surface area contributed by atoms with E-state index in [4.69, 9.17) is 9.47 Å². The van der Waals surface area contributed by atoms with Gasteiger partial charge in [-0.25, -0.2) is 4.79 Å². The third-order valence-corrected chi connectivity index (χ3v) is 6.49.